The van der Waals surface area contributed by atoms with Gasteiger partial charge in [0.15, 0.2) is 0 Å². The highest BCUT2D eigenvalue weighted by Gasteiger charge is 2.25. The van der Waals surface area contributed by atoms with Gasteiger partial charge in [0.2, 0.25) is 0 Å². The molecule has 1 aromatic rings. The molecule has 5 nitrogen and oxygen atoms in total. The third-order valence-electron chi connectivity index (χ3n) is 5.29. The fourth-order valence-electron chi connectivity index (χ4n) is 3.88. The Hall–Kier alpha value is -1.46. The van der Waals surface area contributed by atoms with E-state index >= 15 is 0 Å². The SMILES string of the molecule is CCCN(CCNC)C1CCN(c2cc(OC)c(N)cc2CC)CC1. The van der Waals surface area contributed by atoms with Crippen LogP contribution in [0.5, 0.6) is 5.75 Å². The van der Waals surface area contributed by atoms with Crippen LogP contribution in [0, 0.1) is 0 Å². The van der Waals surface area contributed by atoms with Gasteiger partial charge in [-0.05, 0) is 50.9 Å². The lowest BCUT2D eigenvalue weighted by Gasteiger charge is -2.40. The lowest BCUT2D eigenvalue weighted by molar-refractivity contribution is 0.170. The van der Waals surface area contributed by atoms with Crippen LogP contribution in [0.2, 0.25) is 0 Å². The molecule has 1 aliphatic rings. The Labute approximate surface area is 153 Å². The first-order valence-electron chi connectivity index (χ1n) is 9.74. The summed E-state index contributed by atoms with van der Waals surface area (Å²) >= 11 is 0. The Morgan fingerprint density at radius 2 is 1.96 bits per heavy atom. The second-order valence-corrected chi connectivity index (χ2v) is 6.93. The van der Waals surface area contributed by atoms with Gasteiger partial charge in [-0.3, -0.25) is 4.90 Å². The van der Waals surface area contributed by atoms with E-state index < -0.39 is 0 Å². The summed E-state index contributed by atoms with van der Waals surface area (Å²) in [6.07, 6.45) is 4.66. The molecule has 0 aromatic heterocycles. The van der Waals surface area contributed by atoms with E-state index in [9.17, 15) is 0 Å². The van der Waals surface area contributed by atoms with E-state index in [-0.39, 0.29) is 0 Å². The molecule has 0 bridgehead atoms. The van der Waals surface area contributed by atoms with Crippen LogP contribution in [-0.4, -0.2) is 57.8 Å². The third-order valence-corrected chi connectivity index (χ3v) is 5.29. The Morgan fingerprint density at radius 1 is 1.24 bits per heavy atom. The van der Waals surface area contributed by atoms with Crippen molar-refractivity contribution in [2.24, 2.45) is 0 Å². The van der Waals surface area contributed by atoms with Crippen LogP contribution in [0.4, 0.5) is 11.4 Å². The molecule has 0 atom stereocenters. The number of hydrogen-bond acceptors (Lipinski definition) is 5. The topological polar surface area (TPSA) is 53.8 Å². The van der Waals surface area contributed by atoms with Crippen molar-refractivity contribution >= 4 is 11.4 Å². The van der Waals surface area contributed by atoms with Gasteiger partial charge in [-0.15, -0.1) is 0 Å². The molecule has 2 rings (SSSR count). The summed E-state index contributed by atoms with van der Waals surface area (Å²) in [5.74, 6) is 0.788. The number of nitrogens with one attached hydrogen (secondary N) is 1. The number of anilines is 2. The van der Waals surface area contributed by atoms with E-state index in [1.165, 1.54) is 37.1 Å². The largest absolute Gasteiger partial charge is 0.495 e. The first kappa shape index (κ1) is 19.9. The van der Waals surface area contributed by atoms with Crippen LogP contribution < -0.4 is 20.7 Å². The minimum absolute atomic E-state index is 0.699. The standard InChI is InChI=1S/C20H36N4O/c1-5-10-23(13-9-22-3)17-7-11-24(12-8-17)19-15-20(25-4)18(21)14-16(19)6-2/h14-15,17,22H,5-13,21H2,1-4H3. The van der Waals surface area contributed by atoms with E-state index in [1.54, 1.807) is 7.11 Å². The van der Waals surface area contributed by atoms with Gasteiger partial charge in [-0.1, -0.05) is 13.8 Å². The average molecular weight is 349 g/mol. The molecular formula is C20H36N4O. The van der Waals surface area contributed by atoms with Crippen LogP contribution >= 0.6 is 0 Å². The zero-order valence-corrected chi connectivity index (χ0v) is 16.5. The van der Waals surface area contributed by atoms with Crippen LogP contribution in [0.15, 0.2) is 12.1 Å². The number of benzene rings is 1. The zero-order chi connectivity index (χ0) is 18.2. The maximum absolute atomic E-state index is 6.09. The summed E-state index contributed by atoms with van der Waals surface area (Å²) in [6.45, 7) is 10.1. The molecule has 0 amide bonds. The number of aryl methyl sites for hydroxylation is 1. The molecule has 1 aliphatic heterocycles. The molecular weight excluding hydrogens is 312 g/mol. The normalized spacial score (nSPS) is 15.8. The van der Waals surface area contributed by atoms with Crippen molar-refractivity contribution in [2.75, 3.05) is 57.5 Å². The van der Waals surface area contributed by atoms with Crippen molar-refractivity contribution in [2.45, 2.75) is 45.6 Å². The van der Waals surface area contributed by atoms with Crippen molar-refractivity contribution in [3.8, 4) is 5.75 Å². The lowest BCUT2D eigenvalue weighted by atomic mass is 10.00. The van der Waals surface area contributed by atoms with Gasteiger partial charge in [0, 0.05) is 44.0 Å². The second kappa shape index (κ2) is 9.88. The molecule has 0 aliphatic carbocycles. The number of nitrogen functional groups attached to an aromatic ring is 1. The Balaban J connectivity index is 2.06. The molecule has 1 aromatic carbocycles. The van der Waals surface area contributed by atoms with E-state index in [2.05, 4.69) is 41.1 Å². The summed E-state index contributed by atoms with van der Waals surface area (Å²) in [6, 6.07) is 4.90. The summed E-state index contributed by atoms with van der Waals surface area (Å²) in [7, 11) is 3.73. The molecule has 0 saturated carbocycles. The highest BCUT2D eigenvalue weighted by Crippen LogP contribution is 2.34. The summed E-state index contributed by atoms with van der Waals surface area (Å²) in [5.41, 5.74) is 9.44. The minimum atomic E-state index is 0.699. The van der Waals surface area contributed by atoms with Gasteiger partial charge < -0.3 is 20.7 Å². The highest BCUT2D eigenvalue weighted by atomic mass is 16.5. The third kappa shape index (κ3) is 5.02. The number of piperidine rings is 1. The number of nitrogens with two attached hydrogens (primary N) is 1. The Bertz CT molecular complexity index is 527. The first-order valence-corrected chi connectivity index (χ1v) is 9.74. The van der Waals surface area contributed by atoms with Gasteiger partial charge in [0.25, 0.3) is 0 Å². The maximum atomic E-state index is 6.09. The molecule has 142 valence electrons. The molecule has 0 unspecified atom stereocenters. The molecule has 0 radical (unpaired) electrons. The summed E-state index contributed by atoms with van der Waals surface area (Å²) in [4.78, 5) is 5.18. The van der Waals surface area contributed by atoms with E-state index in [0.29, 0.717) is 6.04 Å². The van der Waals surface area contributed by atoms with Gasteiger partial charge >= 0.3 is 0 Å². The van der Waals surface area contributed by atoms with Crippen LogP contribution in [0.25, 0.3) is 0 Å². The fraction of sp³-hybridized carbons (Fsp3) is 0.700. The summed E-state index contributed by atoms with van der Waals surface area (Å²) < 4.78 is 5.44. The summed E-state index contributed by atoms with van der Waals surface area (Å²) in [5, 5.41) is 3.29. The number of hydrogen-bond donors (Lipinski definition) is 2. The van der Waals surface area contributed by atoms with E-state index in [1.807, 2.05) is 7.05 Å². The predicted molar refractivity (Wildman–Crippen MR) is 108 cm³/mol. The number of methoxy groups -OCH3 is 1. The molecule has 0 spiro atoms. The average Bonchev–Trinajstić information content (AvgIpc) is 2.65. The molecule has 5 heteroatoms. The molecule has 1 fully saturated rings. The zero-order valence-electron chi connectivity index (χ0n) is 16.5. The first-order chi connectivity index (χ1) is 12.1. The quantitative estimate of drug-likeness (QED) is 0.672. The second-order valence-electron chi connectivity index (χ2n) is 6.93. The van der Waals surface area contributed by atoms with Crippen molar-refractivity contribution < 1.29 is 4.74 Å². The van der Waals surface area contributed by atoms with E-state index in [0.717, 1.165) is 44.0 Å². The number of ether oxygens (including phenoxy) is 1. The minimum Gasteiger partial charge on any atom is -0.495 e. The van der Waals surface area contributed by atoms with Gasteiger partial charge in [0.1, 0.15) is 5.75 Å². The highest BCUT2D eigenvalue weighted by molar-refractivity contribution is 5.67. The lowest BCUT2D eigenvalue weighted by Crippen LogP contribution is -2.47. The maximum Gasteiger partial charge on any atom is 0.143 e. The van der Waals surface area contributed by atoms with Gasteiger partial charge in [-0.25, -0.2) is 0 Å². The van der Waals surface area contributed by atoms with Crippen LogP contribution in [0.3, 0.4) is 0 Å². The number of nitrogens with zero attached hydrogens (tertiary/aromatic N) is 2. The van der Waals surface area contributed by atoms with E-state index in [4.69, 9.17) is 10.5 Å². The van der Waals surface area contributed by atoms with Crippen molar-refractivity contribution in [3.63, 3.8) is 0 Å². The molecule has 25 heavy (non-hydrogen) atoms. The number of likely N-dealkylation sites (N-methyl/N-ethyl adjacent to an activating group) is 1. The van der Waals surface area contributed by atoms with Gasteiger partial charge in [-0.2, -0.15) is 0 Å². The van der Waals surface area contributed by atoms with Crippen LogP contribution in [0.1, 0.15) is 38.7 Å². The van der Waals surface area contributed by atoms with Crippen molar-refractivity contribution in [1.82, 2.24) is 10.2 Å². The Morgan fingerprint density at radius 3 is 2.52 bits per heavy atom. The fourth-order valence-corrected chi connectivity index (χ4v) is 3.88. The van der Waals surface area contributed by atoms with Crippen LogP contribution in [-0.2, 0) is 6.42 Å². The number of rotatable bonds is 9. The monoisotopic (exact) mass is 348 g/mol. The smallest absolute Gasteiger partial charge is 0.143 e. The van der Waals surface area contributed by atoms with Crippen molar-refractivity contribution in [1.29, 1.82) is 0 Å². The van der Waals surface area contributed by atoms with Gasteiger partial charge in [0.05, 0.1) is 12.8 Å². The van der Waals surface area contributed by atoms with Crippen molar-refractivity contribution in [3.05, 3.63) is 17.7 Å². The molecule has 1 saturated heterocycles. The Kier molecular flexibility index (Phi) is 7.85. The predicted octanol–water partition coefficient (Wildman–Crippen LogP) is 2.74. The molecule has 3 N–H and O–H groups in total. The molecule has 1 heterocycles.